The molecule has 0 saturated heterocycles. The van der Waals surface area contributed by atoms with Gasteiger partial charge in [-0.2, -0.15) is 5.26 Å². The second kappa shape index (κ2) is 7.32. The summed E-state index contributed by atoms with van der Waals surface area (Å²) in [6, 6.07) is 14.4. The molecule has 5 nitrogen and oxygen atoms in total. The van der Waals surface area contributed by atoms with Gasteiger partial charge in [0.05, 0.1) is 25.9 Å². The molecule has 1 amide bonds. The molecule has 0 aliphatic rings. The fraction of sp³-hybridized carbons (Fsp3) is 0.222. The summed E-state index contributed by atoms with van der Waals surface area (Å²) in [6.45, 7) is 0.419. The average molecular weight is 310 g/mol. The van der Waals surface area contributed by atoms with E-state index in [-0.39, 0.29) is 5.91 Å². The monoisotopic (exact) mass is 310 g/mol. The lowest BCUT2D eigenvalue weighted by Crippen LogP contribution is -2.26. The molecule has 0 aliphatic carbocycles. The maximum atomic E-state index is 12.5. The van der Waals surface area contributed by atoms with Crippen molar-refractivity contribution in [3.8, 4) is 17.6 Å². The Hall–Kier alpha value is -3.00. The first-order valence-corrected chi connectivity index (χ1v) is 7.05. The molecule has 23 heavy (non-hydrogen) atoms. The van der Waals surface area contributed by atoms with E-state index in [9.17, 15) is 4.79 Å². The number of hydrogen-bond donors (Lipinski definition) is 0. The predicted octanol–water partition coefficient (Wildman–Crippen LogP) is 2.85. The van der Waals surface area contributed by atoms with Crippen LogP contribution in [0.5, 0.6) is 11.5 Å². The molecule has 118 valence electrons. The SMILES string of the molecule is COc1ccc(C(=O)N(C)Cc2cccc(C#N)c2)cc1OC. The maximum Gasteiger partial charge on any atom is 0.254 e. The summed E-state index contributed by atoms with van der Waals surface area (Å²) < 4.78 is 10.4. The van der Waals surface area contributed by atoms with Crippen LogP contribution in [0.2, 0.25) is 0 Å². The number of benzene rings is 2. The molecule has 5 heteroatoms. The summed E-state index contributed by atoms with van der Waals surface area (Å²) in [4.78, 5) is 14.1. The molecule has 0 bridgehead atoms. The molecule has 0 saturated carbocycles. The Morgan fingerprint density at radius 1 is 1.13 bits per heavy atom. The molecular formula is C18H18N2O3. The van der Waals surface area contributed by atoms with Crippen molar-refractivity contribution in [2.75, 3.05) is 21.3 Å². The van der Waals surface area contributed by atoms with Gasteiger partial charge in [0.15, 0.2) is 11.5 Å². The molecule has 2 aromatic rings. The van der Waals surface area contributed by atoms with Crippen molar-refractivity contribution in [3.05, 3.63) is 59.2 Å². The highest BCUT2D eigenvalue weighted by atomic mass is 16.5. The first-order chi connectivity index (χ1) is 11.1. The van der Waals surface area contributed by atoms with Gasteiger partial charge in [-0.05, 0) is 35.9 Å². The number of carbonyl (C=O) groups is 1. The topological polar surface area (TPSA) is 62.6 Å². The molecule has 2 aromatic carbocycles. The molecule has 0 N–H and O–H groups in total. The minimum atomic E-state index is -0.131. The molecular weight excluding hydrogens is 292 g/mol. The highest BCUT2D eigenvalue weighted by Gasteiger charge is 2.15. The fourth-order valence-corrected chi connectivity index (χ4v) is 2.27. The third-order valence-electron chi connectivity index (χ3n) is 3.45. The predicted molar refractivity (Wildman–Crippen MR) is 86.5 cm³/mol. The van der Waals surface area contributed by atoms with Gasteiger partial charge in [0.2, 0.25) is 0 Å². The van der Waals surface area contributed by atoms with E-state index >= 15 is 0 Å². The van der Waals surface area contributed by atoms with E-state index in [2.05, 4.69) is 6.07 Å². The summed E-state index contributed by atoms with van der Waals surface area (Å²) in [5, 5.41) is 8.93. The van der Waals surface area contributed by atoms with Crippen molar-refractivity contribution in [2.45, 2.75) is 6.54 Å². The number of nitrogens with zero attached hydrogens (tertiary/aromatic N) is 2. The van der Waals surface area contributed by atoms with Crippen LogP contribution >= 0.6 is 0 Å². The van der Waals surface area contributed by atoms with E-state index in [4.69, 9.17) is 14.7 Å². The Bertz CT molecular complexity index is 750. The van der Waals surface area contributed by atoms with E-state index in [0.717, 1.165) is 5.56 Å². The second-order valence-electron chi connectivity index (χ2n) is 5.04. The van der Waals surface area contributed by atoms with Crippen LogP contribution in [0.3, 0.4) is 0 Å². The number of ether oxygens (including phenoxy) is 2. The van der Waals surface area contributed by atoms with Crippen molar-refractivity contribution in [1.82, 2.24) is 4.90 Å². The highest BCUT2D eigenvalue weighted by molar-refractivity contribution is 5.94. The van der Waals surface area contributed by atoms with Gasteiger partial charge in [0.25, 0.3) is 5.91 Å². The molecule has 0 radical (unpaired) electrons. The Morgan fingerprint density at radius 3 is 2.52 bits per heavy atom. The minimum absolute atomic E-state index is 0.131. The van der Waals surface area contributed by atoms with Crippen LogP contribution < -0.4 is 9.47 Å². The number of carbonyl (C=O) groups excluding carboxylic acids is 1. The van der Waals surface area contributed by atoms with E-state index in [1.54, 1.807) is 49.4 Å². The van der Waals surface area contributed by atoms with Crippen LogP contribution in [0.25, 0.3) is 0 Å². The molecule has 2 rings (SSSR count). The second-order valence-corrected chi connectivity index (χ2v) is 5.04. The van der Waals surface area contributed by atoms with Crippen molar-refractivity contribution >= 4 is 5.91 Å². The molecule has 0 aliphatic heterocycles. The largest absolute Gasteiger partial charge is 0.493 e. The van der Waals surface area contributed by atoms with E-state index in [1.165, 1.54) is 7.11 Å². The summed E-state index contributed by atoms with van der Waals surface area (Å²) >= 11 is 0. The molecule has 0 aromatic heterocycles. The average Bonchev–Trinajstić information content (AvgIpc) is 2.60. The third-order valence-corrected chi connectivity index (χ3v) is 3.45. The zero-order valence-electron chi connectivity index (χ0n) is 13.4. The standard InChI is InChI=1S/C18H18N2O3/c1-20(12-14-6-4-5-13(9-14)11-19)18(21)15-7-8-16(22-2)17(10-15)23-3/h4-10H,12H2,1-3H3. The van der Waals surface area contributed by atoms with Crippen molar-refractivity contribution in [2.24, 2.45) is 0 Å². The van der Waals surface area contributed by atoms with Gasteiger partial charge in [-0.3, -0.25) is 4.79 Å². The van der Waals surface area contributed by atoms with Crippen LogP contribution in [0.1, 0.15) is 21.5 Å². The smallest absolute Gasteiger partial charge is 0.254 e. The Balaban J connectivity index is 2.17. The Morgan fingerprint density at radius 2 is 1.87 bits per heavy atom. The third kappa shape index (κ3) is 3.80. The molecule has 0 spiro atoms. The van der Waals surface area contributed by atoms with Crippen molar-refractivity contribution in [1.29, 1.82) is 5.26 Å². The van der Waals surface area contributed by atoms with Crippen molar-refractivity contribution < 1.29 is 14.3 Å². The lowest BCUT2D eigenvalue weighted by molar-refractivity contribution is 0.0784. The summed E-state index contributed by atoms with van der Waals surface area (Å²) in [6.07, 6.45) is 0. The summed E-state index contributed by atoms with van der Waals surface area (Å²) in [5.41, 5.74) is 2.00. The quantitative estimate of drug-likeness (QED) is 0.852. The normalized spacial score (nSPS) is 9.83. The fourth-order valence-electron chi connectivity index (χ4n) is 2.27. The zero-order chi connectivity index (χ0) is 16.8. The zero-order valence-corrected chi connectivity index (χ0v) is 13.4. The van der Waals surface area contributed by atoms with Crippen LogP contribution in [-0.2, 0) is 6.54 Å². The van der Waals surface area contributed by atoms with Crippen LogP contribution in [-0.4, -0.2) is 32.1 Å². The minimum Gasteiger partial charge on any atom is -0.493 e. The van der Waals surface area contributed by atoms with Gasteiger partial charge >= 0.3 is 0 Å². The lowest BCUT2D eigenvalue weighted by Gasteiger charge is -2.18. The lowest BCUT2D eigenvalue weighted by atomic mass is 10.1. The van der Waals surface area contributed by atoms with Crippen LogP contribution in [0.15, 0.2) is 42.5 Å². The molecule has 0 unspecified atom stereocenters. The van der Waals surface area contributed by atoms with Gasteiger partial charge < -0.3 is 14.4 Å². The van der Waals surface area contributed by atoms with Gasteiger partial charge in [0.1, 0.15) is 0 Å². The number of nitriles is 1. The first-order valence-electron chi connectivity index (χ1n) is 7.05. The Kier molecular flexibility index (Phi) is 5.21. The van der Waals surface area contributed by atoms with E-state index < -0.39 is 0 Å². The van der Waals surface area contributed by atoms with Gasteiger partial charge in [0, 0.05) is 19.2 Å². The van der Waals surface area contributed by atoms with E-state index in [0.29, 0.717) is 29.2 Å². The molecule has 0 atom stereocenters. The number of methoxy groups -OCH3 is 2. The van der Waals surface area contributed by atoms with Crippen molar-refractivity contribution in [3.63, 3.8) is 0 Å². The first kappa shape index (κ1) is 16.4. The molecule has 0 fully saturated rings. The highest BCUT2D eigenvalue weighted by Crippen LogP contribution is 2.28. The van der Waals surface area contributed by atoms with Crippen LogP contribution in [0, 0.1) is 11.3 Å². The Labute approximate surface area is 135 Å². The molecule has 0 heterocycles. The number of rotatable bonds is 5. The van der Waals surface area contributed by atoms with Crippen LogP contribution in [0.4, 0.5) is 0 Å². The van der Waals surface area contributed by atoms with Gasteiger partial charge in [-0.15, -0.1) is 0 Å². The van der Waals surface area contributed by atoms with E-state index in [1.807, 2.05) is 12.1 Å². The summed E-state index contributed by atoms with van der Waals surface area (Å²) in [5.74, 6) is 0.958. The summed E-state index contributed by atoms with van der Waals surface area (Å²) in [7, 11) is 4.80. The number of amides is 1. The van der Waals surface area contributed by atoms with Gasteiger partial charge in [-0.1, -0.05) is 12.1 Å². The number of hydrogen-bond acceptors (Lipinski definition) is 4. The van der Waals surface area contributed by atoms with Gasteiger partial charge in [-0.25, -0.2) is 0 Å². The maximum absolute atomic E-state index is 12.5.